The van der Waals surface area contributed by atoms with E-state index in [0.29, 0.717) is 11.3 Å². The van der Waals surface area contributed by atoms with E-state index in [0.717, 1.165) is 32.1 Å². The van der Waals surface area contributed by atoms with Gasteiger partial charge in [-0.3, -0.25) is 4.79 Å². The number of carbonyl (C=O) groups excluding carboxylic acids is 1. The molecule has 0 saturated heterocycles. The first-order chi connectivity index (χ1) is 13.0. The number of sulfonamides is 1. The molecule has 6 heteroatoms. The second-order valence-corrected chi connectivity index (χ2v) is 8.70. The van der Waals surface area contributed by atoms with E-state index in [1.54, 1.807) is 12.1 Å². The Morgan fingerprint density at radius 1 is 0.963 bits per heavy atom. The molecule has 0 heterocycles. The summed E-state index contributed by atoms with van der Waals surface area (Å²) in [6, 6.07) is 13.8. The zero-order chi connectivity index (χ0) is 19.3. The number of rotatable bonds is 6. The molecule has 0 atom stereocenters. The van der Waals surface area contributed by atoms with E-state index < -0.39 is 10.0 Å². The molecule has 1 fully saturated rings. The first kappa shape index (κ1) is 19.6. The molecule has 0 bridgehead atoms. The lowest BCUT2D eigenvalue weighted by atomic mass is 9.96. The van der Waals surface area contributed by atoms with Crippen LogP contribution in [0, 0.1) is 0 Å². The van der Waals surface area contributed by atoms with Gasteiger partial charge in [-0.1, -0.05) is 38.3 Å². The molecular formula is C21H26N2O3S. The van der Waals surface area contributed by atoms with Gasteiger partial charge in [0, 0.05) is 17.3 Å². The zero-order valence-corrected chi connectivity index (χ0v) is 16.4. The molecule has 1 aliphatic rings. The molecule has 144 valence electrons. The summed E-state index contributed by atoms with van der Waals surface area (Å²) in [6.07, 6.45) is 6.01. The molecule has 1 saturated carbocycles. The zero-order valence-electron chi connectivity index (χ0n) is 15.6. The van der Waals surface area contributed by atoms with Gasteiger partial charge in [0.05, 0.1) is 4.90 Å². The topological polar surface area (TPSA) is 75.3 Å². The van der Waals surface area contributed by atoms with Crippen molar-refractivity contribution in [1.82, 2.24) is 4.72 Å². The van der Waals surface area contributed by atoms with Gasteiger partial charge in [0.2, 0.25) is 10.0 Å². The average Bonchev–Trinajstić information content (AvgIpc) is 2.69. The van der Waals surface area contributed by atoms with Gasteiger partial charge >= 0.3 is 0 Å². The van der Waals surface area contributed by atoms with Crippen LogP contribution in [0.3, 0.4) is 0 Å². The van der Waals surface area contributed by atoms with E-state index in [1.165, 1.54) is 24.1 Å². The van der Waals surface area contributed by atoms with Crippen LogP contribution in [0.4, 0.5) is 5.69 Å². The molecule has 1 amide bonds. The van der Waals surface area contributed by atoms with Crippen LogP contribution in [-0.4, -0.2) is 20.4 Å². The molecule has 0 unspecified atom stereocenters. The Hall–Kier alpha value is -2.18. The van der Waals surface area contributed by atoms with Crippen LogP contribution in [0.25, 0.3) is 0 Å². The summed E-state index contributed by atoms with van der Waals surface area (Å²) in [5.74, 6) is -0.261. The third-order valence-electron chi connectivity index (χ3n) is 4.97. The molecule has 27 heavy (non-hydrogen) atoms. The molecule has 0 radical (unpaired) electrons. The van der Waals surface area contributed by atoms with E-state index in [1.807, 2.05) is 24.3 Å². The number of nitrogens with one attached hydrogen (secondary N) is 2. The number of carbonyl (C=O) groups is 1. The molecule has 2 N–H and O–H groups in total. The van der Waals surface area contributed by atoms with Gasteiger partial charge in [0.1, 0.15) is 0 Å². The highest BCUT2D eigenvalue weighted by atomic mass is 32.2. The maximum Gasteiger partial charge on any atom is 0.255 e. The molecule has 0 aromatic heterocycles. The Labute approximate surface area is 161 Å². The first-order valence-electron chi connectivity index (χ1n) is 9.50. The second-order valence-electron chi connectivity index (χ2n) is 6.99. The van der Waals surface area contributed by atoms with Crippen molar-refractivity contribution in [2.45, 2.75) is 56.4 Å². The van der Waals surface area contributed by atoms with Gasteiger partial charge in [-0.15, -0.1) is 0 Å². The minimum Gasteiger partial charge on any atom is -0.322 e. The highest BCUT2D eigenvalue weighted by Gasteiger charge is 2.22. The molecule has 1 aliphatic carbocycles. The van der Waals surface area contributed by atoms with Crippen molar-refractivity contribution >= 4 is 21.6 Å². The van der Waals surface area contributed by atoms with Gasteiger partial charge in [-0.05, 0) is 61.2 Å². The summed E-state index contributed by atoms with van der Waals surface area (Å²) in [5.41, 5.74) is 2.34. The predicted octanol–water partition coefficient (Wildman–Crippen LogP) is 4.11. The Kier molecular flexibility index (Phi) is 6.29. The molecule has 3 rings (SSSR count). The number of aryl methyl sites for hydroxylation is 1. The van der Waals surface area contributed by atoms with Gasteiger partial charge in [-0.25, -0.2) is 13.1 Å². The van der Waals surface area contributed by atoms with Gasteiger partial charge in [-0.2, -0.15) is 0 Å². The maximum absolute atomic E-state index is 12.5. The highest BCUT2D eigenvalue weighted by molar-refractivity contribution is 7.89. The first-order valence-corrected chi connectivity index (χ1v) is 11.0. The summed E-state index contributed by atoms with van der Waals surface area (Å²) in [5, 5.41) is 2.83. The quantitative estimate of drug-likeness (QED) is 0.784. The average molecular weight is 387 g/mol. The highest BCUT2D eigenvalue weighted by Crippen LogP contribution is 2.20. The molecule has 5 nitrogen and oxygen atoms in total. The fourth-order valence-electron chi connectivity index (χ4n) is 3.32. The number of amides is 1. The number of hydrogen-bond donors (Lipinski definition) is 2. The van der Waals surface area contributed by atoms with Crippen LogP contribution >= 0.6 is 0 Å². The van der Waals surface area contributed by atoms with Crippen molar-refractivity contribution in [3.05, 3.63) is 59.7 Å². The summed E-state index contributed by atoms with van der Waals surface area (Å²) >= 11 is 0. The van der Waals surface area contributed by atoms with Gasteiger partial charge < -0.3 is 5.32 Å². The largest absolute Gasteiger partial charge is 0.322 e. The van der Waals surface area contributed by atoms with Crippen molar-refractivity contribution in [2.75, 3.05) is 5.32 Å². The van der Waals surface area contributed by atoms with Crippen molar-refractivity contribution in [2.24, 2.45) is 0 Å². The molecule has 0 aliphatic heterocycles. The lowest BCUT2D eigenvalue weighted by molar-refractivity contribution is 0.102. The van der Waals surface area contributed by atoms with Crippen LogP contribution < -0.4 is 10.0 Å². The van der Waals surface area contributed by atoms with Gasteiger partial charge in [0.15, 0.2) is 0 Å². The molecular weight excluding hydrogens is 360 g/mol. The Balaban J connectivity index is 1.65. The van der Waals surface area contributed by atoms with Gasteiger partial charge in [0.25, 0.3) is 5.91 Å². The predicted molar refractivity (Wildman–Crippen MR) is 107 cm³/mol. The third-order valence-corrected chi connectivity index (χ3v) is 6.51. The van der Waals surface area contributed by atoms with Crippen LogP contribution in [0.1, 0.15) is 54.9 Å². The number of anilines is 1. The normalized spacial score (nSPS) is 15.4. The lowest BCUT2D eigenvalue weighted by Gasteiger charge is -2.22. The number of hydrogen-bond acceptors (Lipinski definition) is 3. The second kappa shape index (κ2) is 8.67. The monoisotopic (exact) mass is 386 g/mol. The van der Waals surface area contributed by atoms with Crippen molar-refractivity contribution in [3.63, 3.8) is 0 Å². The third kappa shape index (κ3) is 5.17. The van der Waals surface area contributed by atoms with Crippen LogP contribution in [0.5, 0.6) is 0 Å². The number of benzene rings is 2. The van der Waals surface area contributed by atoms with E-state index >= 15 is 0 Å². The van der Waals surface area contributed by atoms with Crippen LogP contribution in [-0.2, 0) is 16.4 Å². The standard InChI is InChI=1S/C21H26N2O3S/c1-2-16-8-12-18(13-9-16)22-21(24)17-10-14-20(15-11-17)27(25,26)23-19-6-4-3-5-7-19/h8-15,19,23H,2-7H2,1H3,(H,22,24). The van der Waals surface area contributed by atoms with E-state index in [4.69, 9.17) is 0 Å². The molecule has 2 aromatic carbocycles. The Morgan fingerprint density at radius 3 is 2.19 bits per heavy atom. The Bertz CT molecular complexity index is 869. The molecule has 2 aromatic rings. The summed E-state index contributed by atoms with van der Waals surface area (Å²) in [4.78, 5) is 12.6. The Morgan fingerprint density at radius 2 is 1.59 bits per heavy atom. The van der Waals surface area contributed by atoms with Crippen molar-refractivity contribution < 1.29 is 13.2 Å². The van der Waals surface area contributed by atoms with Crippen LogP contribution in [0.15, 0.2) is 53.4 Å². The summed E-state index contributed by atoms with van der Waals surface area (Å²) in [6.45, 7) is 2.08. The fourth-order valence-corrected chi connectivity index (χ4v) is 4.63. The minimum absolute atomic E-state index is 0.0119. The van der Waals surface area contributed by atoms with E-state index in [9.17, 15) is 13.2 Å². The van der Waals surface area contributed by atoms with Crippen LogP contribution in [0.2, 0.25) is 0 Å². The minimum atomic E-state index is -3.55. The summed E-state index contributed by atoms with van der Waals surface area (Å²) < 4.78 is 27.8. The van der Waals surface area contributed by atoms with E-state index in [2.05, 4.69) is 17.0 Å². The fraction of sp³-hybridized carbons (Fsp3) is 0.381. The maximum atomic E-state index is 12.5. The molecule has 0 spiro atoms. The lowest BCUT2D eigenvalue weighted by Crippen LogP contribution is -2.36. The summed E-state index contributed by atoms with van der Waals surface area (Å²) in [7, 11) is -3.55. The van der Waals surface area contributed by atoms with Crippen molar-refractivity contribution in [3.8, 4) is 0 Å². The SMILES string of the molecule is CCc1ccc(NC(=O)c2ccc(S(=O)(=O)NC3CCCCC3)cc2)cc1. The van der Waals surface area contributed by atoms with Crippen molar-refractivity contribution in [1.29, 1.82) is 0 Å². The van der Waals surface area contributed by atoms with E-state index in [-0.39, 0.29) is 16.8 Å². The smallest absolute Gasteiger partial charge is 0.255 e.